The van der Waals surface area contributed by atoms with Crippen molar-refractivity contribution in [2.75, 3.05) is 13.1 Å². The van der Waals surface area contributed by atoms with E-state index in [2.05, 4.69) is 15.5 Å². The molecule has 2 aromatic rings. The Morgan fingerprint density at radius 1 is 1.35 bits per heavy atom. The Bertz CT molecular complexity index is 753. The average Bonchev–Trinajstić information content (AvgIpc) is 3.16. The van der Waals surface area contributed by atoms with Crippen LogP contribution in [0.15, 0.2) is 29.0 Å². The first-order valence-corrected chi connectivity index (χ1v) is 8.90. The maximum absolute atomic E-state index is 12.4. The molecule has 1 N–H and O–H groups in total. The summed E-state index contributed by atoms with van der Waals surface area (Å²) in [5.74, 6) is 0.539. The Morgan fingerprint density at radius 2 is 2.12 bits per heavy atom. The van der Waals surface area contributed by atoms with Crippen LogP contribution in [0.4, 0.5) is 0 Å². The van der Waals surface area contributed by atoms with Crippen LogP contribution in [0.3, 0.4) is 0 Å². The molecule has 0 radical (unpaired) electrons. The third-order valence-electron chi connectivity index (χ3n) is 4.79. The van der Waals surface area contributed by atoms with Crippen molar-refractivity contribution in [1.29, 1.82) is 0 Å². The van der Waals surface area contributed by atoms with E-state index in [0.29, 0.717) is 19.6 Å². The summed E-state index contributed by atoms with van der Waals surface area (Å²) < 4.78 is 5.14. The maximum atomic E-state index is 12.4. The lowest BCUT2D eigenvalue weighted by atomic mass is 10.1. The maximum Gasteiger partial charge on any atom is 0.225 e. The van der Waals surface area contributed by atoms with Gasteiger partial charge >= 0.3 is 0 Å². The zero-order valence-electron chi connectivity index (χ0n) is 15.2. The Kier molecular flexibility index (Phi) is 5.65. The number of carbonyl (C=O) groups is 2. The van der Waals surface area contributed by atoms with Crippen LogP contribution in [-0.4, -0.2) is 39.9 Å². The standard InChI is InChI=1S/C19H24N4O3/c1-13-17(14(2)26-22-13)4-3-7-21-19(25)16-10-18(24)23(12-16)11-15-5-8-20-9-6-15/h5-6,8-9,16H,3-4,7,10-12H2,1-2H3,(H,21,25)/t16-/m1/s1. The molecule has 1 saturated heterocycles. The molecule has 0 saturated carbocycles. The van der Waals surface area contributed by atoms with Gasteiger partial charge in [-0.15, -0.1) is 0 Å². The van der Waals surface area contributed by atoms with E-state index in [1.807, 2.05) is 26.0 Å². The monoisotopic (exact) mass is 356 g/mol. The average molecular weight is 356 g/mol. The summed E-state index contributed by atoms with van der Waals surface area (Å²) in [5, 5.41) is 6.89. The molecule has 138 valence electrons. The van der Waals surface area contributed by atoms with E-state index in [-0.39, 0.29) is 24.2 Å². The Labute approximate surface area is 152 Å². The number of likely N-dealkylation sites (tertiary alicyclic amines) is 1. The van der Waals surface area contributed by atoms with Crippen molar-refractivity contribution in [3.63, 3.8) is 0 Å². The van der Waals surface area contributed by atoms with Crippen molar-refractivity contribution in [2.45, 2.75) is 39.7 Å². The van der Waals surface area contributed by atoms with Crippen molar-refractivity contribution >= 4 is 11.8 Å². The highest BCUT2D eigenvalue weighted by Crippen LogP contribution is 2.20. The molecule has 1 aliphatic rings. The number of aromatic nitrogens is 2. The molecule has 0 unspecified atom stereocenters. The van der Waals surface area contributed by atoms with Gasteiger partial charge in [-0.05, 0) is 44.4 Å². The largest absolute Gasteiger partial charge is 0.361 e. The van der Waals surface area contributed by atoms with E-state index < -0.39 is 0 Å². The van der Waals surface area contributed by atoms with Crippen LogP contribution in [-0.2, 0) is 22.6 Å². The SMILES string of the molecule is Cc1noc(C)c1CCCNC(=O)[C@@H]1CC(=O)N(Cc2ccncc2)C1. The molecule has 2 amide bonds. The van der Waals surface area contributed by atoms with Crippen molar-refractivity contribution < 1.29 is 14.1 Å². The van der Waals surface area contributed by atoms with Gasteiger partial charge in [-0.2, -0.15) is 0 Å². The number of aryl methyl sites for hydroxylation is 2. The van der Waals surface area contributed by atoms with E-state index in [0.717, 1.165) is 35.4 Å². The van der Waals surface area contributed by atoms with Crippen molar-refractivity contribution in [1.82, 2.24) is 20.4 Å². The van der Waals surface area contributed by atoms with Gasteiger partial charge in [0.05, 0.1) is 11.6 Å². The lowest BCUT2D eigenvalue weighted by Gasteiger charge is -2.16. The van der Waals surface area contributed by atoms with Crippen LogP contribution in [0.5, 0.6) is 0 Å². The van der Waals surface area contributed by atoms with Crippen LogP contribution in [0, 0.1) is 19.8 Å². The van der Waals surface area contributed by atoms with Gasteiger partial charge in [0.15, 0.2) is 0 Å². The highest BCUT2D eigenvalue weighted by atomic mass is 16.5. The van der Waals surface area contributed by atoms with E-state index in [9.17, 15) is 9.59 Å². The number of pyridine rings is 1. The van der Waals surface area contributed by atoms with E-state index in [1.54, 1.807) is 17.3 Å². The van der Waals surface area contributed by atoms with Crippen molar-refractivity contribution in [2.24, 2.45) is 5.92 Å². The van der Waals surface area contributed by atoms with E-state index in [1.165, 1.54) is 0 Å². The van der Waals surface area contributed by atoms with E-state index in [4.69, 9.17) is 4.52 Å². The summed E-state index contributed by atoms with van der Waals surface area (Å²) in [7, 11) is 0. The fourth-order valence-corrected chi connectivity index (χ4v) is 3.29. The van der Waals surface area contributed by atoms with Gasteiger partial charge in [-0.1, -0.05) is 5.16 Å². The smallest absolute Gasteiger partial charge is 0.225 e. The Hall–Kier alpha value is -2.70. The first-order chi connectivity index (χ1) is 12.5. The molecule has 0 aliphatic carbocycles. The highest BCUT2D eigenvalue weighted by molar-refractivity contribution is 5.89. The second-order valence-corrected chi connectivity index (χ2v) is 6.73. The van der Waals surface area contributed by atoms with Crippen molar-refractivity contribution in [3.8, 4) is 0 Å². The molecular formula is C19H24N4O3. The fraction of sp³-hybridized carbons (Fsp3) is 0.474. The van der Waals surface area contributed by atoms with E-state index >= 15 is 0 Å². The van der Waals surface area contributed by atoms with Crippen LogP contribution >= 0.6 is 0 Å². The summed E-state index contributed by atoms with van der Waals surface area (Å²) in [5.41, 5.74) is 3.04. The molecule has 3 heterocycles. The molecule has 26 heavy (non-hydrogen) atoms. The van der Waals surface area contributed by atoms with Gasteiger partial charge in [0.25, 0.3) is 0 Å². The lowest BCUT2D eigenvalue weighted by Crippen LogP contribution is -2.33. The molecular weight excluding hydrogens is 332 g/mol. The molecule has 0 bridgehead atoms. The summed E-state index contributed by atoms with van der Waals surface area (Å²) in [6.07, 6.45) is 5.33. The molecule has 3 rings (SSSR count). The minimum atomic E-state index is -0.275. The number of hydrogen-bond donors (Lipinski definition) is 1. The number of amides is 2. The van der Waals surface area contributed by atoms with Gasteiger partial charge in [0, 0.05) is 44.0 Å². The zero-order chi connectivity index (χ0) is 18.5. The summed E-state index contributed by atoms with van der Waals surface area (Å²) >= 11 is 0. The Balaban J connectivity index is 1.43. The predicted molar refractivity (Wildman–Crippen MR) is 95.1 cm³/mol. The molecule has 1 atom stereocenters. The number of hydrogen-bond acceptors (Lipinski definition) is 5. The molecule has 0 aromatic carbocycles. The summed E-state index contributed by atoms with van der Waals surface area (Å²) in [6.45, 7) is 5.40. The first-order valence-electron chi connectivity index (χ1n) is 8.90. The second-order valence-electron chi connectivity index (χ2n) is 6.73. The molecule has 7 nitrogen and oxygen atoms in total. The van der Waals surface area contributed by atoms with Gasteiger partial charge in [-0.3, -0.25) is 14.6 Å². The predicted octanol–water partition coefficient (Wildman–Crippen LogP) is 1.78. The third-order valence-corrected chi connectivity index (χ3v) is 4.79. The van der Waals surface area contributed by atoms with Crippen LogP contribution in [0.1, 0.15) is 35.4 Å². The van der Waals surface area contributed by atoms with Crippen LogP contribution in [0.2, 0.25) is 0 Å². The van der Waals surface area contributed by atoms with Crippen LogP contribution < -0.4 is 5.32 Å². The van der Waals surface area contributed by atoms with Crippen molar-refractivity contribution in [3.05, 3.63) is 47.1 Å². The minimum absolute atomic E-state index is 0.0256. The fourth-order valence-electron chi connectivity index (χ4n) is 3.29. The zero-order valence-corrected chi connectivity index (χ0v) is 15.2. The number of carbonyl (C=O) groups excluding carboxylic acids is 2. The quantitative estimate of drug-likeness (QED) is 0.764. The van der Waals surface area contributed by atoms with Gasteiger partial charge in [-0.25, -0.2) is 0 Å². The molecule has 7 heteroatoms. The minimum Gasteiger partial charge on any atom is -0.361 e. The normalized spacial score (nSPS) is 16.9. The van der Waals surface area contributed by atoms with Gasteiger partial charge in [0.1, 0.15) is 5.76 Å². The topological polar surface area (TPSA) is 88.3 Å². The van der Waals surface area contributed by atoms with Gasteiger partial charge < -0.3 is 14.7 Å². The second kappa shape index (κ2) is 8.12. The molecule has 1 aliphatic heterocycles. The lowest BCUT2D eigenvalue weighted by molar-refractivity contribution is -0.129. The highest BCUT2D eigenvalue weighted by Gasteiger charge is 2.33. The summed E-state index contributed by atoms with van der Waals surface area (Å²) in [4.78, 5) is 30.2. The first kappa shape index (κ1) is 18.1. The number of nitrogens with one attached hydrogen (secondary N) is 1. The van der Waals surface area contributed by atoms with Gasteiger partial charge in [0.2, 0.25) is 11.8 Å². The third kappa shape index (κ3) is 4.28. The number of nitrogens with zero attached hydrogens (tertiary/aromatic N) is 3. The summed E-state index contributed by atoms with van der Waals surface area (Å²) in [6, 6.07) is 3.77. The molecule has 0 spiro atoms. The van der Waals surface area contributed by atoms with Crippen LogP contribution in [0.25, 0.3) is 0 Å². The molecule has 2 aromatic heterocycles. The number of rotatable bonds is 7. The molecule has 1 fully saturated rings. The Morgan fingerprint density at radius 3 is 2.81 bits per heavy atom.